The molecule has 94 valence electrons. The van der Waals surface area contributed by atoms with Crippen molar-refractivity contribution in [2.24, 2.45) is 0 Å². The highest BCUT2D eigenvalue weighted by molar-refractivity contribution is 5.44. The molecule has 0 saturated heterocycles. The summed E-state index contributed by atoms with van der Waals surface area (Å²) in [6, 6.07) is 4.26. The van der Waals surface area contributed by atoms with Gasteiger partial charge < -0.3 is 14.6 Å². The van der Waals surface area contributed by atoms with E-state index in [0.717, 1.165) is 0 Å². The molecule has 3 nitrogen and oxygen atoms in total. The van der Waals surface area contributed by atoms with Gasteiger partial charge in [0.25, 0.3) is 0 Å². The summed E-state index contributed by atoms with van der Waals surface area (Å²) in [5.74, 6) is 0.119. The van der Waals surface area contributed by atoms with Gasteiger partial charge in [-0.25, -0.2) is 0 Å². The number of ether oxygens (including phenoxy) is 2. The van der Waals surface area contributed by atoms with Gasteiger partial charge in [-0.1, -0.05) is 12.1 Å². The van der Waals surface area contributed by atoms with Crippen LogP contribution in [-0.2, 0) is 0 Å². The maximum atomic E-state index is 12.1. The van der Waals surface area contributed by atoms with E-state index in [1.165, 1.54) is 24.3 Å². The Balaban J connectivity index is 3.02. The van der Waals surface area contributed by atoms with Gasteiger partial charge in [-0.3, -0.25) is 0 Å². The fourth-order valence-corrected chi connectivity index (χ4v) is 1.31. The van der Waals surface area contributed by atoms with Gasteiger partial charge in [0.1, 0.15) is 0 Å². The summed E-state index contributed by atoms with van der Waals surface area (Å²) in [6.07, 6.45) is 0.466. The fraction of sp³-hybridized carbons (Fsp3) is 0.333. The second-order valence-corrected chi connectivity index (χ2v) is 3.20. The smallest absolute Gasteiger partial charge is 0.387 e. The van der Waals surface area contributed by atoms with Crippen LogP contribution in [0.2, 0.25) is 0 Å². The molecule has 0 aliphatic heterocycles. The van der Waals surface area contributed by atoms with E-state index in [4.69, 9.17) is 4.74 Å². The van der Waals surface area contributed by atoms with Crippen LogP contribution in [0.4, 0.5) is 8.78 Å². The molecular formula is C12H14F2O3. The van der Waals surface area contributed by atoms with Gasteiger partial charge in [0.2, 0.25) is 0 Å². The summed E-state index contributed by atoms with van der Waals surface area (Å²) in [7, 11) is 0. The first kappa shape index (κ1) is 13.4. The summed E-state index contributed by atoms with van der Waals surface area (Å²) in [4.78, 5) is 0. The van der Waals surface area contributed by atoms with Crippen molar-refractivity contribution in [2.75, 3.05) is 6.61 Å². The van der Waals surface area contributed by atoms with Gasteiger partial charge in [-0.15, -0.1) is 6.58 Å². The fourth-order valence-electron chi connectivity index (χ4n) is 1.31. The monoisotopic (exact) mass is 244 g/mol. The van der Waals surface area contributed by atoms with Crippen LogP contribution in [-0.4, -0.2) is 18.3 Å². The number of aliphatic hydroxyl groups excluding tert-OH is 1. The Morgan fingerprint density at radius 3 is 2.65 bits per heavy atom. The number of halogens is 2. The first-order valence-corrected chi connectivity index (χ1v) is 5.10. The van der Waals surface area contributed by atoms with Crippen molar-refractivity contribution in [2.45, 2.75) is 19.6 Å². The molecule has 0 bridgehead atoms. The topological polar surface area (TPSA) is 38.7 Å². The van der Waals surface area contributed by atoms with Crippen LogP contribution >= 0.6 is 0 Å². The number of rotatable bonds is 6. The van der Waals surface area contributed by atoms with Crippen LogP contribution in [0.3, 0.4) is 0 Å². The minimum atomic E-state index is -2.91. The van der Waals surface area contributed by atoms with Crippen LogP contribution in [0.15, 0.2) is 30.9 Å². The van der Waals surface area contributed by atoms with Crippen LogP contribution < -0.4 is 9.47 Å². The maximum Gasteiger partial charge on any atom is 0.387 e. The average Bonchev–Trinajstić information content (AvgIpc) is 2.30. The number of hydrogen-bond acceptors (Lipinski definition) is 3. The van der Waals surface area contributed by atoms with Crippen LogP contribution in [0.25, 0.3) is 0 Å². The van der Waals surface area contributed by atoms with Gasteiger partial charge in [-0.2, -0.15) is 8.78 Å². The standard InChI is InChI=1S/C12H14F2O3/c1-3-9(15)8-5-6-10(17-12(13)14)11(7-8)16-4-2/h3,5-7,9,12,15H,1,4H2,2H3. The van der Waals surface area contributed by atoms with Crippen LogP contribution in [0, 0.1) is 0 Å². The first-order chi connectivity index (χ1) is 8.08. The molecule has 5 heteroatoms. The Kier molecular flexibility index (Phi) is 4.90. The SMILES string of the molecule is C=CC(O)c1ccc(OC(F)F)c(OCC)c1. The third-order valence-electron chi connectivity index (χ3n) is 2.05. The van der Waals surface area contributed by atoms with Gasteiger partial charge in [-0.05, 0) is 24.6 Å². The zero-order chi connectivity index (χ0) is 12.8. The second kappa shape index (κ2) is 6.20. The van der Waals surface area contributed by atoms with Crippen molar-refractivity contribution < 1.29 is 23.4 Å². The van der Waals surface area contributed by atoms with E-state index < -0.39 is 12.7 Å². The molecular weight excluding hydrogens is 230 g/mol. The molecule has 0 radical (unpaired) electrons. The Morgan fingerprint density at radius 2 is 2.12 bits per heavy atom. The summed E-state index contributed by atoms with van der Waals surface area (Å²) < 4.78 is 33.7. The lowest BCUT2D eigenvalue weighted by atomic mass is 10.1. The number of benzene rings is 1. The summed E-state index contributed by atoms with van der Waals surface area (Å²) in [6.45, 7) is 2.57. The summed E-state index contributed by atoms with van der Waals surface area (Å²) >= 11 is 0. The molecule has 0 fully saturated rings. The lowest BCUT2D eigenvalue weighted by Crippen LogP contribution is -2.05. The molecule has 1 aromatic rings. The van der Waals surface area contributed by atoms with Gasteiger partial charge >= 0.3 is 6.61 Å². The second-order valence-electron chi connectivity index (χ2n) is 3.20. The molecule has 1 atom stereocenters. The van der Waals surface area contributed by atoms with Gasteiger partial charge in [0.05, 0.1) is 12.7 Å². The highest BCUT2D eigenvalue weighted by Gasteiger charge is 2.13. The van der Waals surface area contributed by atoms with Crippen LogP contribution in [0.5, 0.6) is 11.5 Å². The number of alkyl halides is 2. The van der Waals surface area contributed by atoms with E-state index in [9.17, 15) is 13.9 Å². The van der Waals surface area contributed by atoms with E-state index in [0.29, 0.717) is 12.2 Å². The van der Waals surface area contributed by atoms with Crippen molar-refractivity contribution in [3.05, 3.63) is 36.4 Å². The Bertz CT molecular complexity index is 380. The third kappa shape index (κ3) is 3.71. The molecule has 1 aromatic carbocycles. The summed E-state index contributed by atoms with van der Waals surface area (Å²) in [5.41, 5.74) is 0.505. The van der Waals surface area contributed by atoms with Crippen molar-refractivity contribution in [3.63, 3.8) is 0 Å². The molecule has 0 saturated carbocycles. The number of aliphatic hydroxyl groups is 1. The predicted molar refractivity (Wildman–Crippen MR) is 59.4 cm³/mol. The molecule has 0 aliphatic carbocycles. The molecule has 0 spiro atoms. The first-order valence-electron chi connectivity index (χ1n) is 5.10. The predicted octanol–water partition coefficient (Wildman–Crippen LogP) is 2.91. The van der Waals surface area contributed by atoms with Crippen molar-refractivity contribution >= 4 is 0 Å². The zero-order valence-electron chi connectivity index (χ0n) is 9.40. The van der Waals surface area contributed by atoms with Crippen molar-refractivity contribution in [1.29, 1.82) is 0 Å². The van der Waals surface area contributed by atoms with Crippen LogP contribution in [0.1, 0.15) is 18.6 Å². The summed E-state index contributed by atoms with van der Waals surface area (Å²) in [5, 5.41) is 9.53. The highest BCUT2D eigenvalue weighted by Crippen LogP contribution is 2.31. The van der Waals surface area contributed by atoms with E-state index in [2.05, 4.69) is 11.3 Å². The van der Waals surface area contributed by atoms with E-state index in [1.807, 2.05) is 0 Å². The Morgan fingerprint density at radius 1 is 1.41 bits per heavy atom. The quantitative estimate of drug-likeness (QED) is 0.782. The molecule has 0 amide bonds. The van der Waals surface area contributed by atoms with E-state index in [-0.39, 0.29) is 11.5 Å². The lowest BCUT2D eigenvalue weighted by Gasteiger charge is -2.13. The molecule has 1 rings (SSSR count). The average molecular weight is 244 g/mol. The molecule has 0 aromatic heterocycles. The minimum Gasteiger partial charge on any atom is -0.490 e. The van der Waals surface area contributed by atoms with Gasteiger partial charge in [0, 0.05) is 0 Å². The lowest BCUT2D eigenvalue weighted by molar-refractivity contribution is -0.0514. The molecule has 0 aliphatic rings. The van der Waals surface area contributed by atoms with Crippen molar-refractivity contribution in [3.8, 4) is 11.5 Å². The molecule has 1 N–H and O–H groups in total. The molecule has 17 heavy (non-hydrogen) atoms. The largest absolute Gasteiger partial charge is 0.490 e. The molecule has 1 unspecified atom stereocenters. The van der Waals surface area contributed by atoms with Crippen molar-refractivity contribution in [1.82, 2.24) is 0 Å². The minimum absolute atomic E-state index is 0.0538. The Hall–Kier alpha value is -1.62. The maximum absolute atomic E-state index is 12.1. The normalized spacial score (nSPS) is 12.3. The highest BCUT2D eigenvalue weighted by atomic mass is 19.3. The number of hydrogen-bond donors (Lipinski definition) is 1. The molecule has 0 heterocycles. The van der Waals surface area contributed by atoms with E-state index in [1.54, 1.807) is 6.92 Å². The zero-order valence-corrected chi connectivity index (χ0v) is 9.40. The Labute approximate surface area is 98.3 Å². The van der Waals surface area contributed by atoms with Gasteiger partial charge in [0.15, 0.2) is 11.5 Å². The van der Waals surface area contributed by atoms with E-state index >= 15 is 0 Å². The third-order valence-corrected chi connectivity index (χ3v) is 2.05.